The SMILES string of the molecule is CC(C)C(=O)C(N)CCCCNC(=O)CCOCCn1cc(CCC(=O)NCCCCC(N)C(=O)C(C)S)nn1. The highest BCUT2D eigenvalue weighted by Gasteiger charge is 2.17. The summed E-state index contributed by atoms with van der Waals surface area (Å²) in [4.78, 5) is 47.5. The molecule has 1 heterocycles. The van der Waals surface area contributed by atoms with Gasteiger partial charge in [-0.3, -0.25) is 19.2 Å². The van der Waals surface area contributed by atoms with Crippen LogP contribution in [0.4, 0.5) is 0 Å². The second-order valence-corrected chi connectivity index (χ2v) is 11.1. The molecule has 1 aromatic heterocycles. The van der Waals surface area contributed by atoms with Crippen LogP contribution in [0.15, 0.2) is 6.20 Å². The molecule has 0 aliphatic carbocycles. The van der Waals surface area contributed by atoms with Gasteiger partial charge in [-0.25, -0.2) is 4.68 Å². The van der Waals surface area contributed by atoms with Crippen LogP contribution in [0.1, 0.15) is 77.8 Å². The van der Waals surface area contributed by atoms with Crippen LogP contribution >= 0.6 is 12.6 Å². The van der Waals surface area contributed by atoms with Crippen molar-refractivity contribution in [3.05, 3.63) is 11.9 Å². The summed E-state index contributed by atoms with van der Waals surface area (Å²) in [5.74, 6) is -0.182. The van der Waals surface area contributed by atoms with Gasteiger partial charge in [0.25, 0.3) is 0 Å². The first-order valence-corrected chi connectivity index (χ1v) is 14.8. The lowest BCUT2D eigenvalue weighted by Crippen LogP contribution is -2.35. The fourth-order valence-electron chi connectivity index (χ4n) is 3.86. The van der Waals surface area contributed by atoms with E-state index in [0.717, 1.165) is 31.4 Å². The van der Waals surface area contributed by atoms with Crippen molar-refractivity contribution in [3.8, 4) is 0 Å². The molecule has 0 saturated carbocycles. The molecule has 13 heteroatoms. The van der Waals surface area contributed by atoms with Crippen LogP contribution < -0.4 is 22.1 Å². The number of aromatic nitrogens is 3. The Bertz CT molecular complexity index is 910. The number of hydrogen-bond donors (Lipinski definition) is 5. The Morgan fingerprint density at radius 1 is 0.900 bits per heavy atom. The number of amides is 2. The third-order valence-electron chi connectivity index (χ3n) is 6.37. The molecule has 1 rings (SSSR count). The summed E-state index contributed by atoms with van der Waals surface area (Å²) < 4.78 is 7.18. The fourth-order valence-corrected chi connectivity index (χ4v) is 4.05. The van der Waals surface area contributed by atoms with E-state index in [1.54, 1.807) is 17.8 Å². The minimum Gasteiger partial charge on any atom is -0.379 e. The zero-order chi connectivity index (χ0) is 29.9. The van der Waals surface area contributed by atoms with Gasteiger partial charge in [0, 0.05) is 44.5 Å². The van der Waals surface area contributed by atoms with Crippen molar-refractivity contribution < 1.29 is 23.9 Å². The van der Waals surface area contributed by atoms with Crippen LogP contribution in [0.2, 0.25) is 0 Å². The first kappa shape index (κ1) is 35.7. The summed E-state index contributed by atoms with van der Waals surface area (Å²) in [6.07, 6.45) is 7.12. The molecule has 0 aromatic carbocycles. The lowest BCUT2D eigenvalue weighted by molar-refractivity contribution is -0.123. The zero-order valence-corrected chi connectivity index (χ0v) is 25.2. The van der Waals surface area contributed by atoms with E-state index in [2.05, 4.69) is 33.6 Å². The van der Waals surface area contributed by atoms with E-state index < -0.39 is 12.1 Å². The minimum absolute atomic E-state index is 0.0556. The Labute approximate surface area is 243 Å². The van der Waals surface area contributed by atoms with Crippen LogP contribution in [-0.2, 0) is 36.9 Å². The largest absolute Gasteiger partial charge is 0.379 e. The molecule has 0 saturated heterocycles. The zero-order valence-electron chi connectivity index (χ0n) is 24.3. The molecular weight excluding hydrogens is 534 g/mol. The molecule has 1 aromatic rings. The molecule has 2 amide bonds. The molecule has 40 heavy (non-hydrogen) atoms. The number of nitrogens with zero attached hydrogens (tertiary/aromatic N) is 3. The number of aryl methyl sites for hydroxylation is 1. The van der Waals surface area contributed by atoms with Gasteiger partial charge in [-0.15, -0.1) is 5.10 Å². The Kier molecular flexibility index (Phi) is 18.3. The fraction of sp³-hybridized carbons (Fsp3) is 0.778. The third-order valence-corrected chi connectivity index (χ3v) is 6.63. The Morgan fingerprint density at radius 3 is 2.05 bits per heavy atom. The maximum absolute atomic E-state index is 12.1. The van der Waals surface area contributed by atoms with Crippen molar-refractivity contribution in [1.29, 1.82) is 0 Å². The van der Waals surface area contributed by atoms with Crippen molar-refractivity contribution in [2.24, 2.45) is 17.4 Å². The molecule has 0 fully saturated rings. The van der Waals surface area contributed by atoms with Gasteiger partial charge in [0.2, 0.25) is 11.8 Å². The van der Waals surface area contributed by atoms with E-state index in [1.807, 2.05) is 13.8 Å². The number of nitrogens with two attached hydrogens (primary N) is 2. The molecule has 0 aliphatic rings. The topological polar surface area (TPSA) is 184 Å². The second kappa shape index (κ2) is 20.5. The van der Waals surface area contributed by atoms with Crippen LogP contribution in [0, 0.1) is 5.92 Å². The minimum atomic E-state index is -0.504. The molecule has 0 bridgehead atoms. The second-order valence-electron chi connectivity index (χ2n) is 10.4. The van der Waals surface area contributed by atoms with E-state index in [0.29, 0.717) is 58.5 Å². The number of thiol groups is 1. The lowest BCUT2D eigenvalue weighted by Gasteiger charge is -2.12. The average molecular weight is 584 g/mol. The van der Waals surface area contributed by atoms with Crippen LogP contribution in [-0.4, -0.2) is 82.0 Å². The normalized spacial score (nSPS) is 13.6. The molecule has 3 unspecified atom stereocenters. The molecule has 228 valence electrons. The van der Waals surface area contributed by atoms with Gasteiger partial charge in [-0.05, 0) is 45.4 Å². The molecule has 12 nitrogen and oxygen atoms in total. The molecule has 0 radical (unpaired) electrons. The van der Waals surface area contributed by atoms with Gasteiger partial charge < -0.3 is 26.8 Å². The Balaban J connectivity index is 2.05. The number of ether oxygens (including phenoxy) is 1. The summed E-state index contributed by atoms with van der Waals surface area (Å²) >= 11 is 4.11. The molecular formula is C27H49N7O5S. The van der Waals surface area contributed by atoms with Crippen molar-refractivity contribution in [3.63, 3.8) is 0 Å². The summed E-state index contributed by atoms with van der Waals surface area (Å²) in [5, 5.41) is 13.5. The van der Waals surface area contributed by atoms with Crippen molar-refractivity contribution >= 4 is 36.0 Å². The number of rotatable bonds is 23. The first-order chi connectivity index (χ1) is 19.0. The average Bonchev–Trinajstić information content (AvgIpc) is 3.37. The Hall–Kier alpha value is -2.35. The number of carbonyl (C=O) groups is 4. The summed E-state index contributed by atoms with van der Waals surface area (Å²) in [6, 6.07) is -0.931. The standard InChI is InChI=1S/C27H49N7O5S/c1-19(2)26(37)22(28)8-4-6-14-31-25(36)12-16-39-17-15-34-18-21(32-33-34)10-11-24(35)30-13-7-5-9-23(29)27(38)20(3)40/h18-20,22-23,40H,4-17,28-29H2,1-3H3,(H,30,35)(H,31,36). The van der Waals surface area contributed by atoms with Crippen LogP contribution in [0.25, 0.3) is 0 Å². The van der Waals surface area contributed by atoms with Crippen LogP contribution in [0.5, 0.6) is 0 Å². The molecule has 0 aliphatic heterocycles. The smallest absolute Gasteiger partial charge is 0.222 e. The highest BCUT2D eigenvalue weighted by molar-refractivity contribution is 7.81. The van der Waals surface area contributed by atoms with E-state index in [9.17, 15) is 19.2 Å². The maximum atomic E-state index is 12.1. The van der Waals surface area contributed by atoms with Gasteiger partial charge in [0.15, 0.2) is 11.6 Å². The van der Waals surface area contributed by atoms with E-state index >= 15 is 0 Å². The maximum Gasteiger partial charge on any atom is 0.222 e. The predicted octanol–water partition coefficient (Wildman–Crippen LogP) is 0.958. The van der Waals surface area contributed by atoms with Crippen molar-refractivity contribution in [2.45, 2.75) is 102 Å². The van der Waals surface area contributed by atoms with Crippen LogP contribution in [0.3, 0.4) is 0 Å². The highest BCUT2D eigenvalue weighted by atomic mass is 32.1. The van der Waals surface area contributed by atoms with Gasteiger partial charge >= 0.3 is 0 Å². The predicted molar refractivity (Wildman–Crippen MR) is 157 cm³/mol. The number of ketones is 2. The summed E-state index contributed by atoms with van der Waals surface area (Å²) in [7, 11) is 0. The van der Waals surface area contributed by atoms with Gasteiger partial charge in [0.1, 0.15) is 0 Å². The quantitative estimate of drug-likeness (QED) is 0.0924. The lowest BCUT2D eigenvalue weighted by atomic mass is 9.98. The van der Waals surface area contributed by atoms with E-state index in [4.69, 9.17) is 16.2 Å². The van der Waals surface area contributed by atoms with E-state index in [1.165, 1.54) is 0 Å². The van der Waals surface area contributed by atoms with Gasteiger partial charge in [-0.2, -0.15) is 12.6 Å². The first-order valence-electron chi connectivity index (χ1n) is 14.3. The number of hydrogen-bond acceptors (Lipinski definition) is 10. The number of carbonyl (C=O) groups excluding carboxylic acids is 4. The number of unbranched alkanes of at least 4 members (excludes halogenated alkanes) is 2. The van der Waals surface area contributed by atoms with Crippen molar-refractivity contribution in [2.75, 3.05) is 26.3 Å². The number of nitrogens with one attached hydrogen (secondary N) is 2. The third kappa shape index (κ3) is 16.0. The Morgan fingerprint density at radius 2 is 1.48 bits per heavy atom. The molecule has 0 spiro atoms. The number of Topliss-reactive ketones (excluding diaryl/α,β-unsaturated/α-hetero) is 2. The highest BCUT2D eigenvalue weighted by Crippen LogP contribution is 2.06. The molecule has 3 atom stereocenters. The summed E-state index contributed by atoms with van der Waals surface area (Å²) in [6.45, 7) is 7.68. The monoisotopic (exact) mass is 583 g/mol. The van der Waals surface area contributed by atoms with Gasteiger partial charge in [-0.1, -0.05) is 19.1 Å². The van der Waals surface area contributed by atoms with Gasteiger partial charge in [0.05, 0.1) is 42.8 Å². The van der Waals surface area contributed by atoms with Crippen molar-refractivity contribution in [1.82, 2.24) is 25.6 Å². The van der Waals surface area contributed by atoms with E-state index in [-0.39, 0.29) is 41.0 Å². The molecule has 6 N–H and O–H groups in total. The summed E-state index contributed by atoms with van der Waals surface area (Å²) in [5.41, 5.74) is 12.4.